The Bertz CT molecular complexity index is 1320. The fourth-order valence-electron chi connectivity index (χ4n) is 3.20. The van der Waals surface area contributed by atoms with Gasteiger partial charge in [-0.25, -0.2) is 27.3 Å². The summed E-state index contributed by atoms with van der Waals surface area (Å²) in [6.45, 7) is -0.505. The number of amides is 1. The van der Waals surface area contributed by atoms with Crippen LogP contribution in [-0.2, 0) is 14.5 Å². The molecule has 0 unspecified atom stereocenters. The summed E-state index contributed by atoms with van der Waals surface area (Å²) < 4.78 is 63.4. The lowest BCUT2D eigenvalue weighted by atomic mass is 10.1. The molecule has 2 aromatic carbocycles. The van der Waals surface area contributed by atoms with Gasteiger partial charge in [0.2, 0.25) is 0 Å². The maximum Gasteiger partial charge on any atom is 0.264 e. The van der Waals surface area contributed by atoms with Crippen molar-refractivity contribution in [3.63, 3.8) is 0 Å². The smallest absolute Gasteiger partial charge is 0.264 e. The van der Waals surface area contributed by atoms with Gasteiger partial charge in [0.25, 0.3) is 12.3 Å². The number of anilines is 2. The van der Waals surface area contributed by atoms with E-state index in [1.165, 1.54) is 24.5 Å². The summed E-state index contributed by atoms with van der Waals surface area (Å²) in [5.41, 5.74) is 5.18. The van der Waals surface area contributed by atoms with Crippen molar-refractivity contribution < 1.29 is 26.9 Å². The molecule has 12 heteroatoms. The first-order valence-electron chi connectivity index (χ1n) is 9.51. The second-order valence-corrected chi connectivity index (χ2v) is 9.64. The van der Waals surface area contributed by atoms with E-state index in [0.29, 0.717) is 11.5 Å². The molecule has 8 nitrogen and oxygen atoms in total. The Kier molecular flexibility index (Phi) is 5.87. The van der Waals surface area contributed by atoms with Crippen molar-refractivity contribution >= 4 is 43.7 Å². The molecule has 32 heavy (non-hydrogen) atoms. The van der Waals surface area contributed by atoms with Crippen molar-refractivity contribution in [2.24, 2.45) is 10.1 Å². The molecule has 1 amide bonds. The first kappa shape index (κ1) is 21.8. The molecule has 0 atom stereocenters. The molecular weight excluding hydrogens is 447 g/mol. The highest BCUT2D eigenvalue weighted by atomic mass is 32.2. The molecule has 1 aromatic heterocycles. The number of halogens is 3. The number of hydrogen-bond donors (Lipinski definition) is 2. The van der Waals surface area contributed by atoms with Gasteiger partial charge in [0, 0.05) is 23.1 Å². The van der Waals surface area contributed by atoms with Crippen LogP contribution in [0.2, 0.25) is 0 Å². The lowest BCUT2D eigenvalue weighted by Gasteiger charge is -2.18. The lowest BCUT2D eigenvalue weighted by molar-refractivity contribution is -0.119. The Balaban J connectivity index is 1.80. The Labute approximate surface area is 181 Å². The molecule has 1 aliphatic rings. The van der Waals surface area contributed by atoms with Gasteiger partial charge in [-0.05, 0) is 30.7 Å². The molecule has 1 fully saturated rings. The first-order chi connectivity index (χ1) is 15.2. The van der Waals surface area contributed by atoms with E-state index in [2.05, 4.69) is 19.6 Å². The molecule has 4 rings (SSSR count). The van der Waals surface area contributed by atoms with Crippen LogP contribution in [0.5, 0.6) is 5.75 Å². The number of aromatic nitrogens is 2. The van der Waals surface area contributed by atoms with Crippen molar-refractivity contribution in [2.75, 3.05) is 23.4 Å². The summed E-state index contributed by atoms with van der Waals surface area (Å²) in [6, 6.07) is 6.10. The van der Waals surface area contributed by atoms with Crippen LogP contribution in [-0.4, -0.2) is 38.2 Å². The van der Waals surface area contributed by atoms with Gasteiger partial charge in [0.15, 0.2) is 6.61 Å². The number of nitrogens with one attached hydrogen (secondary N) is 1. The van der Waals surface area contributed by atoms with Gasteiger partial charge in [-0.2, -0.15) is 4.36 Å². The quantitative estimate of drug-likeness (QED) is 0.548. The van der Waals surface area contributed by atoms with Crippen LogP contribution in [0.25, 0.3) is 10.9 Å². The highest BCUT2D eigenvalue weighted by Gasteiger charge is 2.22. The van der Waals surface area contributed by atoms with Crippen LogP contribution in [0.15, 0.2) is 41.0 Å². The predicted octanol–water partition coefficient (Wildman–Crippen LogP) is 3.82. The minimum atomic E-state index is -2.89. The standard InChI is InChI=1S/C20H18F3N5O3S/c21-11-2-3-14(16(6-11)31-9-17(24)29)27-20-18-13(19(22)23)7-12(8-15(18)25-10-26-20)28-32(30)4-1-5-32/h2-3,6-8,10,19H,1,4-5,9H2,(H2,24,29)(H,25,26,27). The van der Waals surface area contributed by atoms with Crippen molar-refractivity contribution in [2.45, 2.75) is 12.8 Å². The summed E-state index contributed by atoms with van der Waals surface area (Å²) in [4.78, 5) is 19.1. The number of nitrogens with zero attached hydrogens (tertiary/aromatic N) is 3. The zero-order chi connectivity index (χ0) is 22.9. The predicted molar refractivity (Wildman–Crippen MR) is 113 cm³/mol. The van der Waals surface area contributed by atoms with Crippen LogP contribution in [0.3, 0.4) is 0 Å². The minimum Gasteiger partial charge on any atom is -0.481 e. The molecule has 0 radical (unpaired) electrons. The summed E-state index contributed by atoms with van der Waals surface area (Å²) in [7, 11) is -2.40. The van der Waals surface area contributed by atoms with E-state index in [-0.39, 0.29) is 33.8 Å². The van der Waals surface area contributed by atoms with Gasteiger partial charge in [-0.3, -0.25) is 4.79 Å². The van der Waals surface area contributed by atoms with Gasteiger partial charge in [0.05, 0.1) is 32.0 Å². The van der Waals surface area contributed by atoms with Crippen molar-refractivity contribution in [1.82, 2.24) is 9.97 Å². The molecule has 0 spiro atoms. The second-order valence-electron chi connectivity index (χ2n) is 7.10. The fourth-order valence-corrected chi connectivity index (χ4v) is 4.65. The number of rotatable bonds is 7. The SMILES string of the molecule is NC(=O)COc1cc(F)ccc1Nc1ncnc2cc(N=S3(=O)CCC3)cc(C(F)F)c12. The van der Waals surface area contributed by atoms with Gasteiger partial charge in [0.1, 0.15) is 23.7 Å². The molecule has 168 valence electrons. The molecule has 1 saturated heterocycles. The average molecular weight is 465 g/mol. The summed E-state index contributed by atoms with van der Waals surface area (Å²) in [5, 5.41) is 2.86. The monoisotopic (exact) mass is 465 g/mol. The third-order valence-corrected chi connectivity index (χ3v) is 7.15. The number of benzene rings is 2. The largest absolute Gasteiger partial charge is 0.481 e. The first-order valence-corrected chi connectivity index (χ1v) is 11.4. The maximum atomic E-state index is 13.9. The third-order valence-electron chi connectivity index (χ3n) is 4.75. The highest BCUT2D eigenvalue weighted by molar-refractivity contribution is 7.95. The minimum absolute atomic E-state index is 0.0141. The number of nitrogens with two attached hydrogens (primary N) is 1. The van der Waals surface area contributed by atoms with Gasteiger partial charge in [-0.1, -0.05) is 0 Å². The Hall–Kier alpha value is -3.41. The summed E-state index contributed by atoms with van der Waals surface area (Å²) in [5.74, 6) is -0.571. The third kappa shape index (κ3) is 4.59. The van der Waals surface area contributed by atoms with Crippen molar-refractivity contribution in [1.29, 1.82) is 0 Å². The van der Waals surface area contributed by atoms with Crippen LogP contribution in [0, 0.1) is 5.82 Å². The highest BCUT2D eigenvalue weighted by Crippen LogP contribution is 2.38. The zero-order valence-corrected chi connectivity index (χ0v) is 17.4. The molecule has 2 heterocycles. The number of ether oxygens (including phenoxy) is 1. The Morgan fingerprint density at radius 3 is 2.69 bits per heavy atom. The summed E-state index contributed by atoms with van der Waals surface area (Å²) >= 11 is 0. The van der Waals surface area contributed by atoms with E-state index in [1.807, 2.05) is 0 Å². The number of primary amides is 1. The number of fused-ring (bicyclic) bond motifs is 1. The average Bonchev–Trinajstić information content (AvgIpc) is 2.72. The van der Waals surface area contributed by atoms with E-state index >= 15 is 0 Å². The normalized spacial score (nSPS) is 14.8. The Morgan fingerprint density at radius 1 is 1.25 bits per heavy atom. The Morgan fingerprint density at radius 2 is 2.03 bits per heavy atom. The van der Waals surface area contributed by atoms with E-state index < -0.39 is 40.0 Å². The van der Waals surface area contributed by atoms with E-state index in [4.69, 9.17) is 10.5 Å². The fraction of sp³-hybridized carbons (Fsp3) is 0.250. The summed E-state index contributed by atoms with van der Waals surface area (Å²) in [6.07, 6.45) is -0.941. The molecule has 3 aromatic rings. The van der Waals surface area contributed by atoms with Gasteiger partial charge >= 0.3 is 0 Å². The molecular formula is C20H18F3N5O3S. The van der Waals surface area contributed by atoms with Crippen LogP contribution in [0.1, 0.15) is 18.4 Å². The van der Waals surface area contributed by atoms with Crippen LogP contribution >= 0.6 is 0 Å². The van der Waals surface area contributed by atoms with E-state index in [1.54, 1.807) is 0 Å². The van der Waals surface area contributed by atoms with E-state index in [9.17, 15) is 22.2 Å². The molecule has 0 aliphatic carbocycles. The van der Waals surface area contributed by atoms with Crippen LogP contribution in [0.4, 0.5) is 30.4 Å². The van der Waals surface area contributed by atoms with Crippen LogP contribution < -0.4 is 15.8 Å². The van der Waals surface area contributed by atoms with Gasteiger partial charge < -0.3 is 15.8 Å². The maximum absolute atomic E-state index is 13.9. The molecule has 1 aliphatic heterocycles. The number of carbonyl (C=O) groups is 1. The molecule has 0 bridgehead atoms. The zero-order valence-electron chi connectivity index (χ0n) is 16.6. The lowest BCUT2D eigenvalue weighted by Crippen LogP contribution is -2.22. The topological polar surface area (TPSA) is 120 Å². The van der Waals surface area contributed by atoms with E-state index in [0.717, 1.165) is 18.6 Å². The molecule has 3 N–H and O–H groups in total. The molecule has 0 saturated carbocycles. The number of carbonyl (C=O) groups excluding carboxylic acids is 1. The van der Waals surface area contributed by atoms with Crippen molar-refractivity contribution in [3.8, 4) is 5.75 Å². The van der Waals surface area contributed by atoms with Gasteiger partial charge in [-0.15, -0.1) is 0 Å². The number of hydrogen-bond acceptors (Lipinski definition) is 7. The second kappa shape index (κ2) is 8.61. The van der Waals surface area contributed by atoms with Crippen molar-refractivity contribution in [3.05, 3.63) is 48.0 Å². The number of alkyl halides is 2.